The third-order valence-electron chi connectivity index (χ3n) is 4.80. The van der Waals surface area contributed by atoms with Crippen molar-refractivity contribution in [2.75, 3.05) is 26.2 Å². The van der Waals surface area contributed by atoms with Gasteiger partial charge in [-0.2, -0.15) is 0 Å². The first-order valence-corrected chi connectivity index (χ1v) is 9.16. The van der Waals surface area contributed by atoms with Crippen LogP contribution < -0.4 is 5.32 Å². The van der Waals surface area contributed by atoms with Crippen molar-refractivity contribution in [2.24, 2.45) is 0 Å². The van der Waals surface area contributed by atoms with Gasteiger partial charge >= 0.3 is 0 Å². The summed E-state index contributed by atoms with van der Waals surface area (Å²) < 4.78 is 5.51. The van der Waals surface area contributed by atoms with E-state index in [1.54, 1.807) is 6.26 Å². The quantitative estimate of drug-likeness (QED) is 0.744. The second kappa shape index (κ2) is 7.09. The maximum Gasteiger partial charge on any atom is 0.254 e. The molecule has 1 aliphatic heterocycles. The average molecular weight is 370 g/mol. The van der Waals surface area contributed by atoms with Gasteiger partial charge in [0, 0.05) is 30.0 Å². The minimum absolute atomic E-state index is 0.0237. The molecule has 5 nitrogen and oxygen atoms in total. The average Bonchev–Trinajstić information content (AvgIpc) is 3.06. The Hall–Kier alpha value is -2.37. The highest BCUT2D eigenvalue weighted by molar-refractivity contribution is 6.32. The SMILES string of the molecule is Cc1c(Cl)ccc2c(C(=O)N3CCCNCC3)cc(-c3ccco3)nc12. The number of benzene rings is 1. The molecule has 0 atom stereocenters. The number of pyridine rings is 1. The molecule has 4 rings (SSSR count). The van der Waals surface area contributed by atoms with E-state index < -0.39 is 0 Å². The number of fused-ring (bicyclic) bond motifs is 1. The second-order valence-electron chi connectivity index (χ2n) is 6.50. The van der Waals surface area contributed by atoms with E-state index in [4.69, 9.17) is 21.0 Å². The van der Waals surface area contributed by atoms with E-state index in [0.29, 0.717) is 28.6 Å². The molecule has 3 heterocycles. The number of hydrogen-bond acceptors (Lipinski definition) is 4. The molecule has 1 amide bonds. The summed E-state index contributed by atoms with van der Waals surface area (Å²) in [6, 6.07) is 9.20. The number of rotatable bonds is 2. The van der Waals surface area contributed by atoms with E-state index >= 15 is 0 Å². The van der Waals surface area contributed by atoms with Crippen molar-refractivity contribution in [3.05, 3.63) is 52.7 Å². The van der Waals surface area contributed by atoms with Gasteiger partial charge in [-0.15, -0.1) is 0 Å². The van der Waals surface area contributed by atoms with E-state index in [0.717, 1.165) is 42.5 Å². The molecule has 1 fully saturated rings. The molecule has 6 heteroatoms. The molecule has 1 aromatic carbocycles. The van der Waals surface area contributed by atoms with Crippen LogP contribution in [-0.4, -0.2) is 42.0 Å². The van der Waals surface area contributed by atoms with Crippen LogP contribution in [0.15, 0.2) is 41.0 Å². The minimum Gasteiger partial charge on any atom is -0.463 e. The Kier molecular flexibility index (Phi) is 4.66. The van der Waals surface area contributed by atoms with E-state index in [-0.39, 0.29) is 5.91 Å². The molecule has 3 aromatic rings. The van der Waals surface area contributed by atoms with Gasteiger partial charge in [-0.1, -0.05) is 17.7 Å². The first-order valence-electron chi connectivity index (χ1n) is 8.79. The number of halogens is 1. The number of nitrogens with zero attached hydrogens (tertiary/aromatic N) is 2. The smallest absolute Gasteiger partial charge is 0.254 e. The van der Waals surface area contributed by atoms with Crippen LogP contribution in [-0.2, 0) is 0 Å². The van der Waals surface area contributed by atoms with Crippen molar-refractivity contribution in [3.8, 4) is 11.5 Å². The summed E-state index contributed by atoms with van der Waals surface area (Å²) in [5, 5.41) is 4.79. The van der Waals surface area contributed by atoms with Crippen LogP contribution in [0.5, 0.6) is 0 Å². The van der Waals surface area contributed by atoms with E-state index in [9.17, 15) is 4.79 Å². The van der Waals surface area contributed by atoms with Gasteiger partial charge in [0.2, 0.25) is 0 Å². The number of aryl methyl sites for hydroxylation is 1. The Labute approximate surface area is 157 Å². The van der Waals surface area contributed by atoms with Crippen LogP contribution in [0.4, 0.5) is 0 Å². The lowest BCUT2D eigenvalue weighted by Crippen LogP contribution is -2.34. The van der Waals surface area contributed by atoms with Gasteiger partial charge in [0.25, 0.3) is 5.91 Å². The van der Waals surface area contributed by atoms with Gasteiger partial charge < -0.3 is 14.6 Å². The van der Waals surface area contributed by atoms with Crippen LogP contribution in [0, 0.1) is 6.92 Å². The summed E-state index contributed by atoms with van der Waals surface area (Å²) in [4.78, 5) is 19.9. The number of amides is 1. The van der Waals surface area contributed by atoms with Gasteiger partial charge in [-0.3, -0.25) is 4.79 Å². The third kappa shape index (κ3) is 3.08. The van der Waals surface area contributed by atoms with Gasteiger partial charge in [-0.05, 0) is 49.7 Å². The van der Waals surface area contributed by atoms with Gasteiger partial charge in [0.15, 0.2) is 5.76 Å². The monoisotopic (exact) mass is 369 g/mol. The van der Waals surface area contributed by atoms with Crippen LogP contribution in [0.3, 0.4) is 0 Å². The van der Waals surface area contributed by atoms with Crippen molar-refractivity contribution in [2.45, 2.75) is 13.3 Å². The van der Waals surface area contributed by atoms with Crippen LogP contribution in [0.25, 0.3) is 22.4 Å². The van der Waals surface area contributed by atoms with E-state index in [1.807, 2.05) is 42.2 Å². The van der Waals surface area contributed by atoms with Crippen LogP contribution >= 0.6 is 11.6 Å². The highest BCUT2D eigenvalue weighted by Crippen LogP contribution is 2.31. The zero-order valence-corrected chi connectivity index (χ0v) is 15.3. The molecule has 0 aliphatic carbocycles. The normalized spacial score (nSPS) is 15.2. The summed E-state index contributed by atoms with van der Waals surface area (Å²) in [5.74, 6) is 0.661. The Morgan fingerprint density at radius 3 is 2.96 bits per heavy atom. The lowest BCUT2D eigenvalue weighted by Gasteiger charge is -2.21. The van der Waals surface area contributed by atoms with Crippen LogP contribution in [0.1, 0.15) is 22.3 Å². The second-order valence-corrected chi connectivity index (χ2v) is 6.90. The number of carbonyl (C=O) groups excluding carboxylic acids is 1. The van der Waals surface area contributed by atoms with Crippen molar-refractivity contribution in [1.29, 1.82) is 0 Å². The zero-order chi connectivity index (χ0) is 18.1. The predicted molar refractivity (Wildman–Crippen MR) is 103 cm³/mol. The molecule has 0 radical (unpaired) electrons. The maximum atomic E-state index is 13.3. The molecule has 0 saturated carbocycles. The Morgan fingerprint density at radius 1 is 1.27 bits per heavy atom. The number of carbonyl (C=O) groups is 1. The van der Waals surface area contributed by atoms with Crippen LogP contribution in [0.2, 0.25) is 5.02 Å². The number of aromatic nitrogens is 1. The summed E-state index contributed by atoms with van der Waals surface area (Å²) in [6.45, 7) is 5.12. The molecule has 26 heavy (non-hydrogen) atoms. The first kappa shape index (κ1) is 17.1. The topological polar surface area (TPSA) is 58.4 Å². The Balaban J connectivity index is 1.89. The predicted octanol–water partition coefficient (Wildman–Crippen LogP) is 3.89. The van der Waals surface area contributed by atoms with Crippen molar-refractivity contribution in [1.82, 2.24) is 15.2 Å². The fourth-order valence-electron chi connectivity index (χ4n) is 3.35. The fraction of sp³-hybridized carbons (Fsp3) is 0.300. The van der Waals surface area contributed by atoms with Crippen molar-refractivity contribution in [3.63, 3.8) is 0 Å². The zero-order valence-electron chi connectivity index (χ0n) is 14.6. The fourth-order valence-corrected chi connectivity index (χ4v) is 3.50. The molecule has 1 aliphatic rings. The Bertz CT molecular complexity index is 945. The van der Waals surface area contributed by atoms with E-state index in [2.05, 4.69) is 5.32 Å². The largest absolute Gasteiger partial charge is 0.463 e. The molecule has 1 N–H and O–H groups in total. The first-order chi connectivity index (χ1) is 12.6. The molecule has 0 bridgehead atoms. The van der Waals surface area contributed by atoms with E-state index in [1.165, 1.54) is 0 Å². The molecule has 0 unspecified atom stereocenters. The number of furan rings is 1. The lowest BCUT2D eigenvalue weighted by atomic mass is 10.0. The molecule has 134 valence electrons. The minimum atomic E-state index is 0.0237. The highest BCUT2D eigenvalue weighted by Gasteiger charge is 2.22. The van der Waals surface area contributed by atoms with Crippen molar-refractivity contribution >= 4 is 28.4 Å². The molecule has 0 spiro atoms. The molecule has 2 aromatic heterocycles. The summed E-state index contributed by atoms with van der Waals surface area (Å²) in [7, 11) is 0. The third-order valence-corrected chi connectivity index (χ3v) is 5.21. The van der Waals surface area contributed by atoms with Crippen molar-refractivity contribution < 1.29 is 9.21 Å². The molecular formula is C20H20ClN3O2. The lowest BCUT2D eigenvalue weighted by molar-refractivity contribution is 0.0768. The molecular weight excluding hydrogens is 350 g/mol. The van der Waals surface area contributed by atoms with Gasteiger partial charge in [0.1, 0.15) is 5.69 Å². The number of hydrogen-bond donors (Lipinski definition) is 1. The summed E-state index contributed by atoms with van der Waals surface area (Å²) in [6.07, 6.45) is 2.55. The molecule has 1 saturated heterocycles. The summed E-state index contributed by atoms with van der Waals surface area (Å²) >= 11 is 6.30. The van der Waals surface area contributed by atoms with Gasteiger partial charge in [-0.25, -0.2) is 4.98 Å². The Morgan fingerprint density at radius 2 is 2.15 bits per heavy atom. The highest BCUT2D eigenvalue weighted by atomic mass is 35.5. The maximum absolute atomic E-state index is 13.3. The van der Waals surface area contributed by atoms with Gasteiger partial charge in [0.05, 0.1) is 17.3 Å². The summed E-state index contributed by atoms with van der Waals surface area (Å²) in [5.41, 5.74) is 2.89. The standard InChI is InChI=1S/C20H20ClN3O2/c1-13-16(21)6-5-14-15(20(25)24-9-3-7-22-8-10-24)12-17(23-19(13)14)18-4-2-11-26-18/h2,4-6,11-12,22H,3,7-10H2,1H3. The number of nitrogens with one attached hydrogen (secondary N) is 1.